The Bertz CT molecular complexity index is 865. The highest BCUT2D eigenvalue weighted by Crippen LogP contribution is 2.22. The maximum Gasteiger partial charge on any atom is 0.227 e. The normalized spacial score (nSPS) is 19.4. The van der Waals surface area contributed by atoms with Crippen LogP contribution in [0.25, 0.3) is 0 Å². The molecule has 30 heavy (non-hydrogen) atoms. The van der Waals surface area contributed by atoms with E-state index >= 15 is 0 Å². The molecular weight excluding hydrogens is 374 g/mol. The SMILES string of the molecule is CCNC(=NCc1ccc(N2CCCC2=O)cc1)NC1CCN(c2ccccc2)C1. The average Bonchev–Trinajstić information content (AvgIpc) is 3.42. The number of amides is 1. The van der Waals surface area contributed by atoms with Crippen molar-refractivity contribution in [3.05, 3.63) is 60.2 Å². The summed E-state index contributed by atoms with van der Waals surface area (Å²) in [5.74, 6) is 1.08. The van der Waals surface area contributed by atoms with Gasteiger partial charge in [-0.05, 0) is 49.6 Å². The van der Waals surface area contributed by atoms with E-state index in [0.717, 1.165) is 56.2 Å². The van der Waals surface area contributed by atoms with Gasteiger partial charge in [0.1, 0.15) is 0 Å². The second kappa shape index (κ2) is 9.65. The van der Waals surface area contributed by atoms with Crippen molar-refractivity contribution in [2.75, 3.05) is 36.0 Å². The molecule has 1 unspecified atom stereocenters. The maximum absolute atomic E-state index is 11.9. The molecule has 6 heteroatoms. The summed E-state index contributed by atoms with van der Waals surface area (Å²) in [6.45, 7) is 6.39. The molecule has 2 aliphatic rings. The quantitative estimate of drug-likeness (QED) is 0.573. The summed E-state index contributed by atoms with van der Waals surface area (Å²) < 4.78 is 0. The van der Waals surface area contributed by atoms with Crippen LogP contribution in [0.2, 0.25) is 0 Å². The number of guanidine groups is 1. The van der Waals surface area contributed by atoms with Gasteiger partial charge in [-0.3, -0.25) is 4.79 Å². The first-order valence-corrected chi connectivity index (χ1v) is 11.0. The second-order valence-electron chi connectivity index (χ2n) is 7.92. The Labute approximate surface area is 179 Å². The maximum atomic E-state index is 11.9. The van der Waals surface area contributed by atoms with Crippen LogP contribution in [0.5, 0.6) is 0 Å². The van der Waals surface area contributed by atoms with Gasteiger partial charge in [-0.15, -0.1) is 0 Å². The molecule has 2 aromatic carbocycles. The number of para-hydroxylation sites is 1. The van der Waals surface area contributed by atoms with Crippen molar-refractivity contribution in [1.82, 2.24) is 10.6 Å². The first-order chi connectivity index (χ1) is 14.7. The van der Waals surface area contributed by atoms with Crippen molar-refractivity contribution < 1.29 is 4.79 Å². The third-order valence-electron chi connectivity index (χ3n) is 5.74. The summed E-state index contributed by atoms with van der Waals surface area (Å²) >= 11 is 0. The number of hydrogen-bond donors (Lipinski definition) is 2. The summed E-state index contributed by atoms with van der Waals surface area (Å²) in [4.78, 5) is 21.0. The van der Waals surface area contributed by atoms with E-state index < -0.39 is 0 Å². The van der Waals surface area contributed by atoms with Crippen molar-refractivity contribution in [2.45, 2.75) is 38.8 Å². The van der Waals surface area contributed by atoms with Crippen LogP contribution in [0, 0.1) is 0 Å². The lowest BCUT2D eigenvalue weighted by Gasteiger charge is -2.20. The summed E-state index contributed by atoms with van der Waals surface area (Å²) in [6, 6.07) is 19.2. The molecule has 158 valence electrons. The molecular formula is C24H31N5O. The minimum Gasteiger partial charge on any atom is -0.369 e. The van der Waals surface area contributed by atoms with Gasteiger partial charge in [0.05, 0.1) is 6.54 Å². The largest absolute Gasteiger partial charge is 0.369 e. The number of carbonyl (C=O) groups excluding carboxylic acids is 1. The van der Waals surface area contributed by atoms with Crippen LogP contribution in [0.4, 0.5) is 11.4 Å². The van der Waals surface area contributed by atoms with E-state index in [1.54, 1.807) is 0 Å². The van der Waals surface area contributed by atoms with Gasteiger partial charge in [-0.1, -0.05) is 30.3 Å². The predicted octanol–water partition coefficient (Wildman–Crippen LogP) is 3.15. The Kier molecular flexibility index (Phi) is 6.52. The number of benzene rings is 2. The lowest BCUT2D eigenvalue weighted by atomic mass is 10.2. The highest BCUT2D eigenvalue weighted by molar-refractivity contribution is 5.95. The molecule has 4 rings (SSSR count). The molecule has 2 N–H and O–H groups in total. The van der Waals surface area contributed by atoms with Gasteiger partial charge < -0.3 is 20.4 Å². The van der Waals surface area contributed by atoms with Gasteiger partial charge >= 0.3 is 0 Å². The highest BCUT2D eigenvalue weighted by Gasteiger charge is 2.23. The van der Waals surface area contributed by atoms with E-state index in [1.165, 1.54) is 5.69 Å². The zero-order valence-electron chi connectivity index (χ0n) is 17.7. The fraction of sp³-hybridized carbons (Fsp3) is 0.417. The zero-order chi connectivity index (χ0) is 20.8. The smallest absolute Gasteiger partial charge is 0.227 e. The van der Waals surface area contributed by atoms with E-state index in [1.807, 2.05) is 17.0 Å². The van der Waals surface area contributed by atoms with E-state index in [2.05, 4.69) is 64.9 Å². The van der Waals surface area contributed by atoms with E-state index in [0.29, 0.717) is 19.0 Å². The summed E-state index contributed by atoms with van der Waals surface area (Å²) in [5.41, 5.74) is 3.41. The third kappa shape index (κ3) is 4.93. The molecule has 0 spiro atoms. The van der Waals surface area contributed by atoms with Gasteiger partial charge in [0.15, 0.2) is 5.96 Å². The second-order valence-corrected chi connectivity index (χ2v) is 7.92. The first kappa shape index (κ1) is 20.3. The third-order valence-corrected chi connectivity index (χ3v) is 5.74. The van der Waals surface area contributed by atoms with E-state index in [-0.39, 0.29) is 5.91 Å². The van der Waals surface area contributed by atoms with Crippen molar-refractivity contribution in [3.63, 3.8) is 0 Å². The molecule has 0 bridgehead atoms. The van der Waals surface area contributed by atoms with Crippen molar-refractivity contribution in [3.8, 4) is 0 Å². The van der Waals surface area contributed by atoms with Gasteiger partial charge in [0.2, 0.25) is 5.91 Å². The fourth-order valence-corrected chi connectivity index (χ4v) is 4.14. The lowest BCUT2D eigenvalue weighted by Crippen LogP contribution is -2.44. The number of nitrogens with zero attached hydrogens (tertiary/aromatic N) is 3. The molecule has 0 radical (unpaired) electrons. The van der Waals surface area contributed by atoms with E-state index in [4.69, 9.17) is 4.99 Å². The molecule has 2 fully saturated rings. The molecule has 1 atom stereocenters. The van der Waals surface area contributed by atoms with Crippen LogP contribution in [0.15, 0.2) is 59.6 Å². The number of aliphatic imine (C=N–C) groups is 1. The van der Waals surface area contributed by atoms with Crippen LogP contribution >= 0.6 is 0 Å². The number of anilines is 2. The molecule has 2 saturated heterocycles. The highest BCUT2D eigenvalue weighted by atomic mass is 16.2. The Morgan fingerprint density at radius 3 is 2.57 bits per heavy atom. The molecule has 6 nitrogen and oxygen atoms in total. The number of nitrogens with one attached hydrogen (secondary N) is 2. The minimum absolute atomic E-state index is 0.223. The van der Waals surface area contributed by atoms with Crippen LogP contribution in [0.1, 0.15) is 31.7 Å². The molecule has 2 aliphatic heterocycles. The number of rotatable bonds is 6. The van der Waals surface area contributed by atoms with Crippen molar-refractivity contribution in [1.29, 1.82) is 0 Å². The fourth-order valence-electron chi connectivity index (χ4n) is 4.14. The molecule has 0 aliphatic carbocycles. The van der Waals surface area contributed by atoms with Crippen molar-refractivity contribution in [2.24, 2.45) is 4.99 Å². The molecule has 1 amide bonds. The van der Waals surface area contributed by atoms with Crippen molar-refractivity contribution >= 4 is 23.2 Å². The molecule has 2 aromatic rings. The Balaban J connectivity index is 1.34. The average molecular weight is 406 g/mol. The standard InChI is InChI=1S/C24H31N5O/c1-2-25-24(27-20-14-16-28(18-20)21-7-4-3-5-8-21)26-17-19-10-12-22(13-11-19)29-15-6-9-23(29)30/h3-5,7-8,10-13,20H,2,6,9,14-18H2,1H3,(H2,25,26,27). The van der Waals surface area contributed by atoms with Crippen LogP contribution in [0.3, 0.4) is 0 Å². The first-order valence-electron chi connectivity index (χ1n) is 11.0. The van der Waals surface area contributed by atoms with Gasteiger partial charge in [-0.25, -0.2) is 4.99 Å². The minimum atomic E-state index is 0.223. The molecule has 0 saturated carbocycles. The lowest BCUT2D eigenvalue weighted by molar-refractivity contribution is -0.117. The predicted molar refractivity (Wildman–Crippen MR) is 123 cm³/mol. The van der Waals surface area contributed by atoms with Crippen LogP contribution in [-0.4, -0.2) is 44.1 Å². The Hall–Kier alpha value is -3.02. The Morgan fingerprint density at radius 2 is 1.87 bits per heavy atom. The van der Waals surface area contributed by atoms with Crippen LogP contribution in [-0.2, 0) is 11.3 Å². The summed E-state index contributed by atoms with van der Waals surface area (Å²) in [6.07, 6.45) is 2.70. The van der Waals surface area contributed by atoms with Gasteiger partial charge in [0, 0.05) is 50.0 Å². The molecule has 2 heterocycles. The monoisotopic (exact) mass is 405 g/mol. The van der Waals surface area contributed by atoms with E-state index in [9.17, 15) is 4.79 Å². The topological polar surface area (TPSA) is 60.0 Å². The number of carbonyl (C=O) groups is 1. The van der Waals surface area contributed by atoms with Crippen LogP contribution < -0.4 is 20.4 Å². The number of hydrogen-bond acceptors (Lipinski definition) is 3. The summed E-state index contributed by atoms with van der Waals surface area (Å²) in [5, 5.41) is 6.96. The zero-order valence-corrected chi connectivity index (χ0v) is 17.7. The Morgan fingerprint density at radius 1 is 1.07 bits per heavy atom. The summed E-state index contributed by atoms with van der Waals surface area (Å²) in [7, 11) is 0. The van der Waals surface area contributed by atoms with Gasteiger partial charge in [-0.2, -0.15) is 0 Å². The van der Waals surface area contributed by atoms with Gasteiger partial charge in [0.25, 0.3) is 0 Å². The molecule has 0 aromatic heterocycles.